The van der Waals surface area contributed by atoms with Gasteiger partial charge in [-0.25, -0.2) is 8.42 Å². The van der Waals surface area contributed by atoms with E-state index in [1.807, 2.05) is 20.8 Å². The van der Waals surface area contributed by atoms with Crippen molar-refractivity contribution in [1.29, 1.82) is 0 Å². The van der Waals surface area contributed by atoms with Crippen molar-refractivity contribution in [2.45, 2.75) is 75.4 Å². The molecule has 1 aliphatic heterocycles. The minimum atomic E-state index is -3.77. The molecule has 176 valence electrons. The first-order valence-corrected chi connectivity index (χ1v) is 12.3. The quantitative estimate of drug-likeness (QED) is 0.256. The van der Waals surface area contributed by atoms with Gasteiger partial charge in [-0.15, -0.1) is 6.58 Å². The predicted molar refractivity (Wildman–Crippen MR) is 119 cm³/mol. The lowest BCUT2D eigenvalue weighted by atomic mass is 9.84. The maximum Gasteiger partial charge on any atom is 0.259 e. The van der Waals surface area contributed by atoms with Gasteiger partial charge in [0, 0.05) is 18.5 Å². The summed E-state index contributed by atoms with van der Waals surface area (Å²) in [5, 5.41) is 4.66. The molecular weight excluding hydrogens is 433 g/mol. The summed E-state index contributed by atoms with van der Waals surface area (Å²) < 4.78 is 26.6. The summed E-state index contributed by atoms with van der Waals surface area (Å²) in [7, 11) is 1.84. The maximum atomic E-state index is 13.2. The minimum absolute atomic E-state index is 0.172. The Morgan fingerprint density at radius 2 is 1.91 bits per heavy atom. The molecule has 2 radical (unpaired) electrons. The largest absolute Gasteiger partial charge is 0.356 e. The van der Waals surface area contributed by atoms with E-state index in [1.165, 1.54) is 11.0 Å². The number of nitrogens with zero attached hydrogens (tertiary/aromatic N) is 1. The van der Waals surface area contributed by atoms with Gasteiger partial charge in [-0.05, 0) is 31.1 Å². The van der Waals surface area contributed by atoms with E-state index in [0.717, 1.165) is 0 Å². The van der Waals surface area contributed by atoms with E-state index < -0.39 is 62.1 Å². The highest BCUT2D eigenvalue weighted by molar-refractivity contribution is 7.91. The molecule has 0 spiro atoms. The van der Waals surface area contributed by atoms with Crippen LogP contribution in [0.3, 0.4) is 0 Å². The van der Waals surface area contributed by atoms with Gasteiger partial charge in [0.15, 0.2) is 7.98 Å². The third-order valence-corrected chi connectivity index (χ3v) is 8.27. The van der Waals surface area contributed by atoms with Gasteiger partial charge in [-0.3, -0.25) is 19.1 Å². The maximum absolute atomic E-state index is 13.2. The van der Waals surface area contributed by atoms with Crippen molar-refractivity contribution in [3.05, 3.63) is 12.7 Å². The highest BCUT2D eigenvalue weighted by Crippen LogP contribution is 2.45. The molecule has 3 unspecified atom stereocenters. The summed E-state index contributed by atoms with van der Waals surface area (Å²) in [4.78, 5) is 40.6. The fraction of sp³-hybridized carbons (Fsp3) is 0.750. The van der Waals surface area contributed by atoms with E-state index in [-0.39, 0.29) is 25.3 Å². The molecule has 1 heterocycles. The first-order chi connectivity index (χ1) is 14.8. The normalized spacial score (nSPS) is 31.0. The summed E-state index contributed by atoms with van der Waals surface area (Å²) >= 11 is 0. The van der Waals surface area contributed by atoms with Crippen LogP contribution in [0.2, 0.25) is 0 Å². The van der Waals surface area contributed by atoms with Gasteiger partial charge in [0.25, 0.3) is 5.91 Å². The number of hydrogen-bond acceptors (Lipinski definition) is 7. The SMILES string of the molecule is [B]N[C@H](C(=O)N1CC(N)C[C@H]1C(=O)NC1(C(=O)NS(=O)(=O)C2CC2)CC1C=C)C(C)(C)C. The van der Waals surface area contributed by atoms with Crippen molar-refractivity contribution >= 4 is 35.7 Å². The fourth-order valence-corrected chi connectivity index (χ4v) is 5.60. The van der Waals surface area contributed by atoms with Gasteiger partial charge >= 0.3 is 0 Å². The molecule has 0 aromatic carbocycles. The van der Waals surface area contributed by atoms with Crippen LogP contribution in [0.25, 0.3) is 0 Å². The van der Waals surface area contributed by atoms with Crippen LogP contribution >= 0.6 is 0 Å². The van der Waals surface area contributed by atoms with Crippen LogP contribution in [0.1, 0.15) is 46.5 Å². The summed E-state index contributed by atoms with van der Waals surface area (Å²) in [6.07, 6.45) is 2.98. The Morgan fingerprint density at radius 1 is 1.28 bits per heavy atom. The molecule has 3 amide bonds. The number of carbonyl (C=O) groups is 3. The van der Waals surface area contributed by atoms with Gasteiger partial charge in [-0.1, -0.05) is 26.8 Å². The Balaban J connectivity index is 1.77. The first-order valence-electron chi connectivity index (χ1n) is 10.8. The molecular formula is C20H32BN5O5S. The van der Waals surface area contributed by atoms with E-state index in [9.17, 15) is 22.8 Å². The van der Waals surface area contributed by atoms with E-state index in [4.69, 9.17) is 13.7 Å². The third kappa shape index (κ3) is 4.72. The highest BCUT2D eigenvalue weighted by atomic mass is 32.2. The number of hydrogen-bond donors (Lipinski definition) is 4. The second-order valence-corrected chi connectivity index (χ2v) is 12.1. The summed E-state index contributed by atoms with van der Waals surface area (Å²) in [6, 6.07) is -2.06. The number of rotatable bonds is 8. The Morgan fingerprint density at radius 3 is 2.38 bits per heavy atom. The minimum Gasteiger partial charge on any atom is -0.356 e. The zero-order chi connectivity index (χ0) is 24.1. The fourth-order valence-electron chi connectivity index (χ4n) is 4.24. The van der Waals surface area contributed by atoms with Crippen molar-refractivity contribution in [2.75, 3.05) is 6.54 Å². The molecule has 1 saturated heterocycles. The van der Waals surface area contributed by atoms with Gasteiger partial charge < -0.3 is 21.2 Å². The van der Waals surface area contributed by atoms with Gasteiger partial charge in [0.05, 0.1) is 11.3 Å². The highest BCUT2D eigenvalue weighted by Gasteiger charge is 2.61. The third-order valence-electron chi connectivity index (χ3n) is 6.45. The van der Waals surface area contributed by atoms with Crippen LogP contribution in [0, 0.1) is 11.3 Å². The van der Waals surface area contributed by atoms with Crippen molar-refractivity contribution in [3.8, 4) is 0 Å². The number of sulfonamides is 1. The lowest BCUT2D eigenvalue weighted by Crippen LogP contribution is -2.59. The number of carbonyl (C=O) groups excluding carboxylic acids is 3. The average molecular weight is 465 g/mol. The summed E-state index contributed by atoms with van der Waals surface area (Å²) in [5.74, 6) is -2.11. The zero-order valence-electron chi connectivity index (χ0n) is 18.8. The smallest absolute Gasteiger partial charge is 0.259 e. The van der Waals surface area contributed by atoms with Gasteiger partial charge in [0.1, 0.15) is 11.6 Å². The Bertz CT molecular complexity index is 916. The first kappa shape index (κ1) is 24.7. The lowest BCUT2D eigenvalue weighted by molar-refractivity contribution is -0.142. The van der Waals surface area contributed by atoms with Crippen molar-refractivity contribution in [1.82, 2.24) is 20.2 Å². The van der Waals surface area contributed by atoms with Crippen LogP contribution in [-0.2, 0) is 24.4 Å². The molecule has 2 aliphatic carbocycles. The second kappa shape index (κ2) is 8.46. The monoisotopic (exact) mass is 465 g/mol. The molecule has 32 heavy (non-hydrogen) atoms. The Kier molecular flexibility index (Phi) is 6.53. The van der Waals surface area contributed by atoms with Crippen LogP contribution in [-0.4, -0.2) is 74.5 Å². The average Bonchev–Trinajstić information content (AvgIpc) is 3.58. The summed E-state index contributed by atoms with van der Waals surface area (Å²) in [6.45, 7) is 9.39. The van der Waals surface area contributed by atoms with Crippen molar-refractivity contribution in [2.24, 2.45) is 17.1 Å². The molecule has 12 heteroatoms. The Labute approximate surface area is 190 Å². The van der Waals surface area contributed by atoms with Crippen LogP contribution in [0.4, 0.5) is 0 Å². The molecule has 0 bridgehead atoms. The molecule has 0 aromatic heterocycles. The predicted octanol–water partition coefficient (Wildman–Crippen LogP) is -1.33. The topological polar surface area (TPSA) is 151 Å². The van der Waals surface area contributed by atoms with Crippen LogP contribution < -0.4 is 21.0 Å². The van der Waals surface area contributed by atoms with E-state index >= 15 is 0 Å². The number of amides is 3. The van der Waals surface area contributed by atoms with Gasteiger partial charge in [-0.2, -0.15) is 0 Å². The number of nitrogens with two attached hydrogens (primary N) is 1. The van der Waals surface area contributed by atoms with E-state index in [0.29, 0.717) is 12.8 Å². The van der Waals surface area contributed by atoms with E-state index in [1.54, 1.807) is 0 Å². The van der Waals surface area contributed by atoms with Crippen molar-refractivity contribution < 1.29 is 22.8 Å². The molecule has 3 fully saturated rings. The summed E-state index contributed by atoms with van der Waals surface area (Å²) in [5.41, 5.74) is 4.14. The lowest BCUT2D eigenvalue weighted by Gasteiger charge is -2.35. The molecule has 2 saturated carbocycles. The molecule has 5 atom stereocenters. The Hall–Kier alpha value is -1.92. The molecule has 0 aromatic rings. The molecule has 5 N–H and O–H groups in total. The van der Waals surface area contributed by atoms with Crippen LogP contribution in [0.5, 0.6) is 0 Å². The number of likely N-dealkylation sites (tertiary alicyclic amines) is 1. The molecule has 3 aliphatic rings. The zero-order valence-corrected chi connectivity index (χ0v) is 19.6. The molecule has 10 nitrogen and oxygen atoms in total. The van der Waals surface area contributed by atoms with Crippen LogP contribution in [0.15, 0.2) is 12.7 Å². The van der Waals surface area contributed by atoms with Gasteiger partial charge in [0.2, 0.25) is 21.8 Å². The second-order valence-electron chi connectivity index (χ2n) is 10.2. The standard InChI is InChI=1S/C20H32BN5O5S/c1-5-11-9-20(11,18(29)25-32(30,31)13-6-7-13)23-16(27)14-8-12(22)10-26(14)17(28)15(24-21)19(2,3)4/h5,11-15,24H,1,6-10,22H2,2-4H3,(H,23,27)(H,25,29)/t11?,12?,14-,15+,20?/m0/s1. The van der Waals surface area contributed by atoms with Crippen molar-refractivity contribution in [3.63, 3.8) is 0 Å². The van der Waals surface area contributed by atoms with E-state index in [2.05, 4.69) is 21.8 Å². The molecule has 3 rings (SSSR count). The number of nitrogens with one attached hydrogen (secondary N) is 3.